The van der Waals surface area contributed by atoms with Crippen LogP contribution in [0.25, 0.3) is 0 Å². The van der Waals surface area contributed by atoms with Crippen molar-refractivity contribution < 1.29 is 0 Å². The van der Waals surface area contributed by atoms with Gasteiger partial charge < -0.3 is 0 Å². The van der Waals surface area contributed by atoms with Crippen molar-refractivity contribution in [3.8, 4) is 0 Å². The molecule has 0 atom stereocenters. The number of hydrogen-bond acceptors (Lipinski definition) is 0. The quantitative estimate of drug-likeness (QED) is 0.428. The van der Waals surface area contributed by atoms with E-state index in [0.717, 1.165) is 25.7 Å². The molecule has 0 nitrogen and oxygen atoms in total. The molecular formula is C6H21AlP3+3. The Bertz CT molecular complexity index is 17.7. The largest absolute Gasteiger partial charge is 3.00 e. The summed E-state index contributed by atoms with van der Waals surface area (Å²) >= 11 is 0. The predicted molar refractivity (Wildman–Crippen MR) is 66.2 cm³/mol. The minimum atomic E-state index is 0. The third-order valence-corrected chi connectivity index (χ3v) is 0. The summed E-state index contributed by atoms with van der Waals surface area (Å²) in [6, 6.07) is 0. The van der Waals surface area contributed by atoms with Crippen LogP contribution < -0.4 is 0 Å². The second kappa shape index (κ2) is 44.9. The van der Waals surface area contributed by atoms with Gasteiger partial charge in [-0.3, -0.25) is 0 Å². The first-order valence-corrected chi connectivity index (χ1v) is 9.00. The van der Waals surface area contributed by atoms with Gasteiger partial charge in [-0.25, -0.2) is 0 Å². The minimum absolute atomic E-state index is 0. The van der Waals surface area contributed by atoms with Gasteiger partial charge in [-0.05, 0) is 40.0 Å². The Morgan fingerprint density at radius 3 is 0.500 bits per heavy atom. The van der Waals surface area contributed by atoms with Crippen molar-refractivity contribution in [2.45, 2.75) is 0 Å². The van der Waals surface area contributed by atoms with Crippen LogP contribution in [0.15, 0.2) is 0 Å². The van der Waals surface area contributed by atoms with E-state index in [9.17, 15) is 0 Å². The summed E-state index contributed by atoms with van der Waals surface area (Å²) < 4.78 is 0. The van der Waals surface area contributed by atoms with Crippen LogP contribution in [0.5, 0.6) is 0 Å². The molecule has 0 saturated carbocycles. The molecule has 0 aliphatic heterocycles. The smallest absolute Gasteiger partial charge is 0.129 e. The molecule has 0 aliphatic rings. The molecule has 0 aromatic carbocycles. The van der Waals surface area contributed by atoms with Crippen molar-refractivity contribution in [2.75, 3.05) is 40.0 Å². The molecule has 0 rings (SSSR count). The molecule has 0 unspecified atom stereocenters. The van der Waals surface area contributed by atoms with Gasteiger partial charge >= 0.3 is 17.4 Å². The fourth-order valence-corrected chi connectivity index (χ4v) is 0. The Kier molecular flexibility index (Phi) is 102. The molecule has 60 valence electrons. The van der Waals surface area contributed by atoms with E-state index >= 15 is 0 Å². The molecule has 0 spiro atoms. The summed E-state index contributed by atoms with van der Waals surface area (Å²) in [4.78, 5) is 0. The number of hydrogen-bond donors (Lipinski definition) is 0. The molecule has 0 fully saturated rings. The zero-order valence-corrected chi connectivity index (χ0v) is 12.2. The van der Waals surface area contributed by atoms with E-state index in [2.05, 4.69) is 40.0 Å². The van der Waals surface area contributed by atoms with Crippen LogP contribution in [0.4, 0.5) is 0 Å². The minimum Gasteiger partial charge on any atom is -0.129 e. The van der Waals surface area contributed by atoms with E-state index in [-0.39, 0.29) is 17.4 Å². The maximum atomic E-state index is 2.15. The fourth-order valence-electron chi connectivity index (χ4n) is 0. The van der Waals surface area contributed by atoms with Gasteiger partial charge in [0, 0.05) is 0 Å². The average molecular weight is 213 g/mol. The van der Waals surface area contributed by atoms with Gasteiger partial charge in [0.1, 0.15) is 0 Å². The Balaban J connectivity index is -0.0000000257. The van der Waals surface area contributed by atoms with Crippen molar-refractivity contribution in [1.82, 2.24) is 0 Å². The molecule has 0 aliphatic carbocycles. The first-order chi connectivity index (χ1) is 4.24. The van der Waals surface area contributed by atoms with Crippen molar-refractivity contribution in [1.29, 1.82) is 0 Å². The molecule has 4 heteroatoms. The van der Waals surface area contributed by atoms with Crippen LogP contribution >= 0.6 is 25.7 Å². The van der Waals surface area contributed by atoms with Crippen LogP contribution in [0.3, 0.4) is 0 Å². The Labute approximate surface area is 83.2 Å². The van der Waals surface area contributed by atoms with E-state index in [1.54, 1.807) is 0 Å². The van der Waals surface area contributed by atoms with Gasteiger partial charge in [0.25, 0.3) is 0 Å². The van der Waals surface area contributed by atoms with E-state index in [1.165, 1.54) is 0 Å². The topological polar surface area (TPSA) is 0 Å². The summed E-state index contributed by atoms with van der Waals surface area (Å²) in [6.07, 6.45) is 0. The first kappa shape index (κ1) is 22.6. The molecule has 0 saturated heterocycles. The molecule has 0 heterocycles. The summed E-state index contributed by atoms with van der Waals surface area (Å²) in [7, 11) is 3.25. The van der Waals surface area contributed by atoms with Crippen LogP contribution in [-0.4, -0.2) is 57.4 Å². The molecule has 0 aromatic rings. The summed E-state index contributed by atoms with van der Waals surface area (Å²) in [5.74, 6) is 0. The van der Waals surface area contributed by atoms with E-state index in [1.807, 2.05) is 0 Å². The van der Waals surface area contributed by atoms with Crippen molar-refractivity contribution in [2.24, 2.45) is 0 Å². The third-order valence-electron chi connectivity index (χ3n) is 0. The standard InChI is InChI=1S/3C2H7P.Al/c3*1-3-2;/h3*3H,1-2H3;/q;;;+3. The van der Waals surface area contributed by atoms with Gasteiger partial charge in [0.2, 0.25) is 0 Å². The summed E-state index contributed by atoms with van der Waals surface area (Å²) in [5, 5.41) is 0. The molecule has 0 bridgehead atoms. The monoisotopic (exact) mass is 213 g/mol. The maximum Gasteiger partial charge on any atom is 3.00 e. The van der Waals surface area contributed by atoms with Crippen molar-refractivity contribution >= 4 is 43.1 Å². The van der Waals surface area contributed by atoms with E-state index in [4.69, 9.17) is 0 Å². The maximum absolute atomic E-state index is 2.15. The van der Waals surface area contributed by atoms with E-state index < -0.39 is 0 Å². The Morgan fingerprint density at radius 2 is 0.500 bits per heavy atom. The molecule has 0 N–H and O–H groups in total. The zero-order valence-electron chi connectivity index (χ0n) is 8.08. The normalized spacial score (nSPS) is 5.40. The Morgan fingerprint density at radius 1 is 0.500 bits per heavy atom. The van der Waals surface area contributed by atoms with E-state index in [0.29, 0.717) is 0 Å². The van der Waals surface area contributed by atoms with Crippen LogP contribution in [-0.2, 0) is 0 Å². The SMILES string of the molecule is CPC.CPC.CPC.[Al+3]. The molecular weight excluding hydrogens is 192 g/mol. The van der Waals surface area contributed by atoms with Gasteiger partial charge in [0.05, 0.1) is 0 Å². The second-order valence-electron chi connectivity index (χ2n) is 1.50. The number of rotatable bonds is 0. The van der Waals surface area contributed by atoms with Crippen molar-refractivity contribution in [3.63, 3.8) is 0 Å². The molecule has 0 radical (unpaired) electrons. The fraction of sp³-hybridized carbons (Fsp3) is 1.00. The van der Waals surface area contributed by atoms with Crippen LogP contribution in [0, 0.1) is 0 Å². The van der Waals surface area contributed by atoms with Crippen LogP contribution in [0.1, 0.15) is 0 Å². The van der Waals surface area contributed by atoms with Gasteiger partial charge in [-0.1, -0.05) is 0 Å². The predicted octanol–water partition coefficient (Wildman–Crippen LogP) is 2.39. The second-order valence-corrected chi connectivity index (χ2v) is 4.50. The van der Waals surface area contributed by atoms with Gasteiger partial charge in [-0.2, -0.15) is 0 Å². The van der Waals surface area contributed by atoms with Crippen LogP contribution in [0.2, 0.25) is 0 Å². The molecule has 0 aromatic heterocycles. The third kappa shape index (κ3) is 230. The summed E-state index contributed by atoms with van der Waals surface area (Å²) in [5.41, 5.74) is 0. The molecule has 10 heavy (non-hydrogen) atoms. The van der Waals surface area contributed by atoms with Gasteiger partial charge in [0.15, 0.2) is 0 Å². The molecule has 0 amide bonds. The van der Waals surface area contributed by atoms with Crippen molar-refractivity contribution in [3.05, 3.63) is 0 Å². The van der Waals surface area contributed by atoms with Gasteiger partial charge in [-0.15, -0.1) is 25.7 Å². The average Bonchev–Trinajstić information content (AvgIpc) is 1.70. The zero-order chi connectivity index (χ0) is 8.12. The summed E-state index contributed by atoms with van der Waals surface area (Å²) in [6.45, 7) is 12.9. The Hall–Kier alpha value is 1.82. The first-order valence-electron chi connectivity index (χ1n) is 3.00.